The highest BCUT2D eigenvalue weighted by molar-refractivity contribution is 9.10. The van der Waals surface area contributed by atoms with Gasteiger partial charge in [-0.2, -0.15) is 0 Å². The van der Waals surface area contributed by atoms with Gasteiger partial charge in [0.2, 0.25) is 0 Å². The zero-order valence-electron chi connectivity index (χ0n) is 13.2. The van der Waals surface area contributed by atoms with Gasteiger partial charge in [0, 0.05) is 0 Å². The topological polar surface area (TPSA) is 91.3 Å². The zero-order chi connectivity index (χ0) is 17.8. The molecule has 0 bridgehead atoms. The van der Waals surface area contributed by atoms with Crippen molar-refractivity contribution in [1.29, 1.82) is 0 Å². The van der Waals surface area contributed by atoms with E-state index in [1.165, 1.54) is 6.20 Å². The van der Waals surface area contributed by atoms with Crippen LogP contribution in [0.25, 0.3) is 0 Å². The maximum absolute atomic E-state index is 12.3. The van der Waals surface area contributed by atoms with Gasteiger partial charge in [0.1, 0.15) is 15.9 Å². The number of benzene rings is 1. The van der Waals surface area contributed by atoms with Crippen molar-refractivity contribution < 1.29 is 14.7 Å². The van der Waals surface area contributed by atoms with Gasteiger partial charge in [-0.3, -0.25) is 9.59 Å². The number of carbonyl (C=O) groups is 2. The van der Waals surface area contributed by atoms with Crippen LogP contribution in [0.15, 0.2) is 64.6 Å². The van der Waals surface area contributed by atoms with Crippen molar-refractivity contribution in [3.05, 3.63) is 70.2 Å². The fourth-order valence-electron chi connectivity index (χ4n) is 2.62. The van der Waals surface area contributed by atoms with Gasteiger partial charge in [-0.25, -0.2) is 4.98 Å². The van der Waals surface area contributed by atoms with E-state index in [4.69, 9.17) is 0 Å². The number of nitrogens with zero attached hydrogens (tertiary/aromatic N) is 1. The highest BCUT2D eigenvalue weighted by Gasteiger charge is 2.35. The van der Waals surface area contributed by atoms with E-state index < -0.39 is 17.9 Å². The van der Waals surface area contributed by atoms with Gasteiger partial charge in [0.25, 0.3) is 11.8 Å². The zero-order valence-corrected chi connectivity index (χ0v) is 14.8. The van der Waals surface area contributed by atoms with E-state index in [9.17, 15) is 14.7 Å². The molecule has 7 heteroatoms. The number of rotatable bonds is 5. The first-order valence-corrected chi connectivity index (χ1v) is 8.54. The number of aromatic nitrogens is 1. The first kappa shape index (κ1) is 17.2. The minimum Gasteiger partial charge on any atom is -0.509 e. The number of hydrogen-bond donors (Lipinski definition) is 3. The molecule has 25 heavy (non-hydrogen) atoms. The number of hydrogen-bond acceptors (Lipinski definition) is 4. The van der Waals surface area contributed by atoms with Crippen molar-refractivity contribution >= 4 is 33.4 Å². The summed E-state index contributed by atoms with van der Waals surface area (Å²) in [6.07, 6.45) is 2.65. The Morgan fingerprint density at radius 2 is 2.00 bits per heavy atom. The average Bonchev–Trinajstić information content (AvgIpc) is 2.90. The van der Waals surface area contributed by atoms with E-state index in [0.717, 1.165) is 5.56 Å². The van der Waals surface area contributed by atoms with E-state index in [-0.39, 0.29) is 11.3 Å². The van der Waals surface area contributed by atoms with Crippen molar-refractivity contribution in [2.45, 2.75) is 18.9 Å². The molecule has 1 atom stereocenters. The van der Waals surface area contributed by atoms with Gasteiger partial charge in [0.15, 0.2) is 0 Å². The predicted molar refractivity (Wildman–Crippen MR) is 96.9 cm³/mol. The number of carbonyl (C=O) groups excluding carboxylic acids is 2. The molecule has 1 unspecified atom stereocenters. The molecule has 128 valence electrons. The van der Waals surface area contributed by atoms with Crippen molar-refractivity contribution in [3.8, 4) is 0 Å². The van der Waals surface area contributed by atoms with Gasteiger partial charge in [-0.15, -0.1) is 0 Å². The minimum absolute atomic E-state index is 0.219. The van der Waals surface area contributed by atoms with Gasteiger partial charge in [0.05, 0.1) is 17.9 Å². The van der Waals surface area contributed by atoms with Crippen molar-refractivity contribution in [1.82, 2.24) is 10.3 Å². The van der Waals surface area contributed by atoms with Crippen LogP contribution < -0.4 is 10.6 Å². The summed E-state index contributed by atoms with van der Waals surface area (Å²) in [6, 6.07) is 12.5. The predicted octanol–water partition coefficient (Wildman–Crippen LogP) is 2.73. The van der Waals surface area contributed by atoms with Gasteiger partial charge < -0.3 is 15.7 Å². The van der Waals surface area contributed by atoms with E-state index in [1.807, 2.05) is 30.3 Å². The summed E-state index contributed by atoms with van der Waals surface area (Å²) in [6.45, 7) is 0. The third-order valence-electron chi connectivity index (χ3n) is 3.90. The number of aliphatic hydroxyl groups is 1. The Morgan fingerprint density at radius 3 is 2.68 bits per heavy atom. The number of anilines is 1. The summed E-state index contributed by atoms with van der Waals surface area (Å²) in [5.74, 6) is -1.44. The molecule has 1 aromatic carbocycles. The molecule has 2 amide bonds. The lowest BCUT2D eigenvalue weighted by Crippen LogP contribution is -2.30. The Balaban J connectivity index is 1.68. The Bertz CT molecular complexity index is 819. The maximum atomic E-state index is 12.3. The minimum atomic E-state index is -0.652. The van der Waals surface area contributed by atoms with E-state index in [0.29, 0.717) is 23.1 Å². The Hall–Kier alpha value is -2.67. The highest BCUT2D eigenvalue weighted by atomic mass is 79.9. The van der Waals surface area contributed by atoms with E-state index in [1.54, 1.807) is 12.1 Å². The second kappa shape index (κ2) is 7.48. The standard InChI is InChI=1S/C18H16BrN3O3/c19-14-9-7-12(10-20-14)21-17(24)15-16(23)13(22-18(15)25)8-6-11-4-2-1-3-5-11/h1-5,7,9-10,13,23H,6,8H2,(H,21,24)(H,22,25). The molecule has 1 aliphatic rings. The summed E-state index contributed by atoms with van der Waals surface area (Å²) < 4.78 is 0.632. The molecule has 6 nitrogen and oxygen atoms in total. The summed E-state index contributed by atoms with van der Waals surface area (Å²) in [5.41, 5.74) is 1.29. The molecule has 0 aliphatic carbocycles. The quantitative estimate of drug-likeness (QED) is 0.530. The number of nitrogens with one attached hydrogen (secondary N) is 2. The summed E-state index contributed by atoms with van der Waals surface area (Å²) in [7, 11) is 0. The summed E-state index contributed by atoms with van der Waals surface area (Å²) in [5, 5.41) is 15.5. The van der Waals surface area contributed by atoms with Crippen LogP contribution in [-0.2, 0) is 16.0 Å². The summed E-state index contributed by atoms with van der Waals surface area (Å²) >= 11 is 3.20. The molecule has 2 heterocycles. The maximum Gasteiger partial charge on any atom is 0.264 e. The molecule has 1 aromatic heterocycles. The lowest BCUT2D eigenvalue weighted by atomic mass is 10.0. The molecule has 3 N–H and O–H groups in total. The van der Waals surface area contributed by atoms with Gasteiger partial charge in [-0.1, -0.05) is 30.3 Å². The van der Waals surface area contributed by atoms with Crippen LogP contribution in [0.4, 0.5) is 5.69 Å². The van der Waals surface area contributed by atoms with E-state index in [2.05, 4.69) is 31.5 Å². The normalized spacial score (nSPS) is 16.7. The largest absolute Gasteiger partial charge is 0.509 e. The second-order valence-electron chi connectivity index (χ2n) is 5.63. The fourth-order valence-corrected chi connectivity index (χ4v) is 2.85. The number of pyridine rings is 1. The number of aliphatic hydroxyl groups excluding tert-OH is 1. The first-order valence-electron chi connectivity index (χ1n) is 7.75. The lowest BCUT2D eigenvalue weighted by Gasteiger charge is -2.10. The van der Waals surface area contributed by atoms with Crippen LogP contribution in [0.3, 0.4) is 0 Å². The molecule has 3 rings (SSSR count). The van der Waals surface area contributed by atoms with Crippen molar-refractivity contribution in [3.63, 3.8) is 0 Å². The molecule has 0 fully saturated rings. The highest BCUT2D eigenvalue weighted by Crippen LogP contribution is 2.21. The van der Waals surface area contributed by atoms with Crippen molar-refractivity contribution in [2.75, 3.05) is 5.32 Å². The van der Waals surface area contributed by atoms with Crippen LogP contribution in [0.2, 0.25) is 0 Å². The summed E-state index contributed by atoms with van der Waals surface area (Å²) in [4.78, 5) is 28.4. The lowest BCUT2D eigenvalue weighted by molar-refractivity contribution is -0.120. The number of amides is 2. The van der Waals surface area contributed by atoms with Gasteiger partial charge in [-0.05, 0) is 46.5 Å². The molecule has 1 aliphatic heterocycles. The fraction of sp³-hybridized carbons (Fsp3) is 0.167. The number of aryl methyl sites for hydroxylation is 1. The third kappa shape index (κ3) is 4.06. The smallest absolute Gasteiger partial charge is 0.264 e. The van der Waals surface area contributed by atoms with Gasteiger partial charge >= 0.3 is 0 Å². The Morgan fingerprint density at radius 1 is 1.24 bits per heavy atom. The molecule has 2 aromatic rings. The van der Waals surface area contributed by atoms with Crippen molar-refractivity contribution in [2.24, 2.45) is 0 Å². The molecule has 0 saturated carbocycles. The Labute approximate surface area is 153 Å². The average molecular weight is 402 g/mol. The number of halogens is 1. The van der Waals surface area contributed by atoms with Crippen LogP contribution in [0.5, 0.6) is 0 Å². The molecule has 0 radical (unpaired) electrons. The molecule has 0 saturated heterocycles. The molecular weight excluding hydrogens is 386 g/mol. The molecular formula is C18H16BrN3O3. The van der Waals surface area contributed by atoms with Crippen LogP contribution in [-0.4, -0.2) is 27.9 Å². The molecule has 0 spiro atoms. The first-order chi connectivity index (χ1) is 12.0. The Kier molecular flexibility index (Phi) is 5.14. The monoisotopic (exact) mass is 401 g/mol. The van der Waals surface area contributed by atoms with Crippen LogP contribution in [0.1, 0.15) is 12.0 Å². The second-order valence-corrected chi connectivity index (χ2v) is 6.45. The van der Waals surface area contributed by atoms with Crippen LogP contribution in [0, 0.1) is 0 Å². The van der Waals surface area contributed by atoms with E-state index >= 15 is 0 Å². The van der Waals surface area contributed by atoms with Crippen LogP contribution >= 0.6 is 15.9 Å². The third-order valence-corrected chi connectivity index (χ3v) is 4.36. The SMILES string of the molecule is O=C(Nc1ccc(Br)nc1)C1=C(O)C(CCc2ccccc2)NC1=O.